The predicted molar refractivity (Wildman–Crippen MR) is 92.1 cm³/mol. The van der Waals surface area contributed by atoms with E-state index in [-0.39, 0.29) is 0 Å². The van der Waals surface area contributed by atoms with Crippen LogP contribution in [0, 0.1) is 0 Å². The molecule has 23 heavy (non-hydrogen) atoms. The first-order chi connectivity index (χ1) is 11.4. The fourth-order valence-electron chi connectivity index (χ4n) is 2.66. The fraction of sp³-hybridized carbons (Fsp3) is 0.368. The number of ether oxygens (including phenoxy) is 2. The number of rotatable bonds is 0. The quantitative estimate of drug-likeness (QED) is 0.773. The molecule has 1 aliphatic carbocycles. The van der Waals surface area contributed by atoms with Gasteiger partial charge < -0.3 is 20.1 Å². The van der Waals surface area contributed by atoms with Crippen molar-refractivity contribution in [2.45, 2.75) is 19.4 Å². The number of para-hydroxylation sites is 1. The van der Waals surface area contributed by atoms with E-state index in [1.807, 2.05) is 30.4 Å². The third-order valence-corrected chi connectivity index (χ3v) is 3.88. The van der Waals surface area contributed by atoms with Gasteiger partial charge in [0.05, 0.1) is 0 Å². The molecule has 1 aromatic carbocycles. The second-order valence-corrected chi connectivity index (χ2v) is 5.62. The molecule has 0 saturated carbocycles. The zero-order chi connectivity index (χ0) is 15.7. The number of hydrogen-bond donors (Lipinski definition) is 2. The van der Waals surface area contributed by atoms with Gasteiger partial charge in [0.1, 0.15) is 24.7 Å². The van der Waals surface area contributed by atoms with Crippen molar-refractivity contribution in [1.29, 1.82) is 0 Å². The number of allylic oxidation sites excluding steroid dienone is 4. The average Bonchev–Trinajstić information content (AvgIpc) is 2.60. The molecule has 0 spiro atoms. The van der Waals surface area contributed by atoms with Gasteiger partial charge in [-0.15, -0.1) is 0 Å². The molecule has 4 nitrogen and oxygen atoms in total. The van der Waals surface area contributed by atoms with Gasteiger partial charge >= 0.3 is 0 Å². The molecule has 0 fully saturated rings. The maximum Gasteiger partial charge on any atom is 0.124 e. The van der Waals surface area contributed by atoms with Crippen molar-refractivity contribution in [1.82, 2.24) is 10.6 Å². The van der Waals surface area contributed by atoms with Gasteiger partial charge in [0, 0.05) is 30.4 Å². The van der Waals surface area contributed by atoms with Crippen molar-refractivity contribution in [3.8, 4) is 5.75 Å². The standard InChI is InChI=1S/C19H24N2O2/c1-3-8-18-16(6-1)14-20-10-5-11-21-15-17-7-2-4-9-19(17)23-13-12-22-18/h1-4,6,8-9,15,20-21H,5,7,10-14H2/b17-15+. The summed E-state index contributed by atoms with van der Waals surface area (Å²) in [6.45, 7) is 3.83. The average molecular weight is 312 g/mol. The van der Waals surface area contributed by atoms with E-state index < -0.39 is 0 Å². The van der Waals surface area contributed by atoms with Gasteiger partial charge in [0.15, 0.2) is 0 Å². The molecule has 122 valence electrons. The first-order valence-corrected chi connectivity index (χ1v) is 8.27. The molecule has 0 radical (unpaired) electrons. The molecule has 0 aromatic heterocycles. The maximum absolute atomic E-state index is 5.90. The van der Waals surface area contributed by atoms with Gasteiger partial charge in [-0.1, -0.05) is 30.4 Å². The Labute approximate surface area is 137 Å². The normalized spacial score (nSPS) is 21.6. The van der Waals surface area contributed by atoms with Crippen molar-refractivity contribution in [3.63, 3.8) is 0 Å². The van der Waals surface area contributed by atoms with Gasteiger partial charge in [-0.25, -0.2) is 0 Å². The summed E-state index contributed by atoms with van der Waals surface area (Å²) in [5.74, 6) is 1.87. The van der Waals surface area contributed by atoms with Crippen LogP contribution < -0.4 is 15.4 Å². The Bertz CT molecular complexity index is 605. The van der Waals surface area contributed by atoms with E-state index in [4.69, 9.17) is 9.47 Å². The van der Waals surface area contributed by atoms with Crippen LogP contribution in [0.2, 0.25) is 0 Å². The molecule has 0 amide bonds. The summed E-state index contributed by atoms with van der Waals surface area (Å²) in [7, 11) is 0. The summed E-state index contributed by atoms with van der Waals surface area (Å²) >= 11 is 0. The van der Waals surface area contributed by atoms with Gasteiger partial charge in [-0.3, -0.25) is 0 Å². The number of hydrogen-bond acceptors (Lipinski definition) is 4. The third kappa shape index (κ3) is 4.63. The Morgan fingerprint density at radius 2 is 1.91 bits per heavy atom. The lowest BCUT2D eigenvalue weighted by atomic mass is 10.1. The largest absolute Gasteiger partial charge is 0.490 e. The van der Waals surface area contributed by atoms with E-state index in [9.17, 15) is 0 Å². The van der Waals surface area contributed by atoms with Crippen LogP contribution in [-0.4, -0.2) is 26.3 Å². The summed E-state index contributed by atoms with van der Waals surface area (Å²) in [5, 5.41) is 6.86. The van der Waals surface area contributed by atoms with E-state index >= 15 is 0 Å². The first-order valence-electron chi connectivity index (χ1n) is 8.27. The Morgan fingerprint density at radius 1 is 1.00 bits per heavy atom. The summed E-state index contributed by atoms with van der Waals surface area (Å²) in [6.07, 6.45) is 10.3. The van der Waals surface area contributed by atoms with Gasteiger partial charge in [-0.05, 0) is 31.5 Å². The molecule has 0 unspecified atom stereocenters. The highest BCUT2D eigenvalue weighted by atomic mass is 16.5. The lowest BCUT2D eigenvalue weighted by Gasteiger charge is -2.16. The van der Waals surface area contributed by atoms with E-state index in [0.717, 1.165) is 44.0 Å². The molecule has 4 heteroatoms. The van der Waals surface area contributed by atoms with E-state index in [1.165, 1.54) is 11.1 Å². The van der Waals surface area contributed by atoms with Gasteiger partial charge in [0.2, 0.25) is 0 Å². The van der Waals surface area contributed by atoms with Crippen molar-refractivity contribution in [2.24, 2.45) is 0 Å². The Kier molecular flexibility index (Phi) is 5.75. The molecule has 0 saturated heterocycles. The molecule has 3 rings (SSSR count). The Balaban J connectivity index is 1.68. The zero-order valence-corrected chi connectivity index (χ0v) is 13.4. The van der Waals surface area contributed by atoms with Gasteiger partial charge in [-0.2, -0.15) is 0 Å². The molecule has 1 heterocycles. The maximum atomic E-state index is 5.90. The van der Waals surface area contributed by atoms with Crippen molar-refractivity contribution < 1.29 is 9.47 Å². The zero-order valence-electron chi connectivity index (χ0n) is 13.4. The lowest BCUT2D eigenvalue weighted by Crippen LogP contribution is -2.19. The monoisotopic (exact) mass is 312 g/mol. The molecular formula is C19H24N2O2. The van der Waals surface area contributed by atoms with Crippen LogP contribution in [0.15, 0.2) is 60.0 Å². The minimum absolute atomic E-state index is 0.540. The molecule has 0 atom stereocenters. The van der Waals surface area contributed by atoms with Crippen molar-refractivity contribution in [3.05, 3.63) is 65.6 Å². The summed E-state index contributed by atoms with van der Waals surface area (Å²) in [4.78, 5) is 0. The predicted octanol–water partition coefficient (Wildman–Crippen LogP) is 2.89. The lowest BCUT2D eigenvalue weighted by molar-refractivity contribution is 0.159. The molecular weight excluding hydrogens is 288 g/mol. The minimum atomic E-state index is 0.540. The number of nitrogens with one attached hydrogen (secondary N) is 2. The summed E-state index contributed by atoms with van der Waals surface area (Å²) in [6, 6.07) is 8.18. The first kappa shape index (κ1) is 15.7. The van der Waals surface area contributed by atoms with Crippen LogP contribution >= 0.6 is 0 Å². The molecule has 1 aromatic rings. The second kappa shape index (κ2) is 8.44. The van der Waals surface area contributed by atoms with Crippen LogP contribution in [0.4, 0.5) is 0 Å². The van der Waals surface area contributed by atoms with Crippen molar-refractivity contribution >= 4 is 0 Å². The van der Waals surface area contributed by atoms with Crippen LogP contribution in [-0.2, 0) is 11.3 Å². The SMILES string of the molecule is C1=CC/C2=C\NCCCNCc3ccccc3OCCOC2=C1. The molecule has 0 bridgehead atoms. The van der Waals surface area contributed by atoms with Crippen LogP contribution in [0.25, 0.3) is 0 Å². The van der Waals surface area contributed by atoms with E-state index in [1.54, 1.807) is 0 Å². The van der Waals surface area contributed by atoms with Gasteiger partial charge in [0.25, 0.3) is 0 Å². The Morgan fingerprint density at radius 3 is 2.91 bits per heavy atom. The Hall–Kier alpha value is -2.20. The van der Waals surface area contributed by atoms with E-state index in [0.29, 0.717) is 13.2 Å². The summed E-state index contributed by atoms with van der Waals surface area (Å²) in [5.41, 5.74) is 2.38. The number of benzene rings is 1. The topological polar surface area (TPSA) is 42.5 Å². The highest BCUT2D eigenvalue weighted by Crippen LogP contribution is 2.21. The molecule has 2 N–H and O–H groups in total. The van der Waals surface area contributed by atoms with Crippen LogP contribution in [0.5, 0.6) is 5.75 Å². The fourth-order valence-corrected chi connectivity index (χ4v) is 2.66. The minimum Gasteiger partial charge on any atom is -0.490 e. The van der Waals surface area contributed by atoms with Crippen LogP contribution in [0.3, 0.4) is 0 Å². The van der Waals surface area contributed by atoms with Crippen LogP contribution in [0.1, 0.15) is 18.4 Å². The molecule has 2 aliphatic rings. The second-order valence-electron chi connectivity index (χ2n) is 5.62. The van der Waals surface area contributed by atoms with Crippen molar-refractivity contribution in [2.75, 3.05) is 26.3 Å². The summed E-state index contributed by atoms with van der Waals surface area (Å²) < 4.78 is 11.8. The molecule has 1 aliphatic heterocycles. The van der Waals surface area contributed by atoms with E-state index in [2.05, 4.69) is 29.0 Å². The number of fused-ring (bicyclic) bond motifs is 2. The third-order valence-electron chi connectivity index (χ3n) is 3.88. The highest BCUT2D eigenvalue weighted by molar-refractivity contribution is 5.35. The highest BCUT2D eigenvalue weighted by Gasteiger charge is 2.09. The smallest absolute Gasteiger partial charge is 0.124 e.